The summed E-state index contributed by atoms with van der Waals surface area (Å²) < 4.78 is 3.28. The molecule has 26 heavy (non-hydrogen) atoms. The van der Waals surface area contributed by atoms with Crippen molar-refractivity contribution >= 4 is 11.6 Å². The number of carbonyl (C=O) groups is 1. The molecular formula is C18H19N5O3. The monoisotopic (exact) mass is 353 g/mol. The summed E-state index contributed by atoms with van der Waals surface area (Å²) in [7, 11) is 0. The number of nitro groups is 1. The van der Waals surface area contributed by atoms with Crippen molar-refractivity contribution in [3.8, 4) is 5.69 Å². The number of amides is 1. The first-order valence-corrected chi connectivity index (χ1v) is 8.18. The Balaban J connectivity index is 1.70. The third-order valence-corrected chi connectivity index (χ3v) is 4.21. The summed E-state index contributed by atoms with van der Waals surface area (Å²) in [5.74, 6) is -0.262. The van der Waals surface area contributed by atoms with Crippen molar-refractivity contribution in [3.63, 3.8) is 0 Å². The lowest BCUT2D eigenvalue weighted by atomic mass is 10.1. The SMILES string of the molecule is CC(NC(=O)C(C)n1cc([N+](=O)[O-])cn1)c1cccc(-n2cccc2)c1. The van der Waals surface area contributed by atoms with Crippen molar-refractivity contribution in [3.05, 3.63) is 76.9 Å². The summed E-state index contributed by atoms with van der Waals surface area (Å²) in [6.45, 7) is 3.54. The molecule has 0 saturated heterocycles. The fourth-order valence-electron chi connectivity index (χ4n) is 2.63. The molecule has 3 rings (SSSR count). The fraction of sp³-hybridized carbons (Fsp3) is 0.222. The van der Waals surface area contributed by atoms with E-state index < -0.39 is 11.0 Å². The number of nitrogens with one attached hydrogen (secondary N) is 1. The Morgan fingerprint density at radius 1 is 1.23 bits per heavy atom. The lowest BCUT2D eigenvalue weighted by molar-refractivity contribution is -0.385. The van der Waals surface area contributed by atoms with Crippen LogP contribution in [0.1, 0.15) is 31.5 Å². The number of aromatic nitrogens is 3. The van der Waals surface area contributed by atoms with Gasteiger partial charge in [0.05, 0.1) is 11.0 Å². The highest BCUT2D eigenvalue weighted by Crippen LogP contribution is 2.19. The molecule has 0 saturated carbocycles. The predicted molar refractivity (Wildman–Crippen MR) is 95.9 cm³/mol. The van der Waals surface area contributed by atoms with E-state index in [1.165, 1.54) is 10.9 Å². The van der Waals surface area contributed by atoms with Crippen molar-refractivity contribution in [1.29, 1.82) is 0 Å². The summed E-state index contributed by atoms with van der Waals surface area (Å²) in [6, 6.07) is 10.9. The largest absolute Gasteiger partial charge is 0.348 e. The standard InChI is InChI=1S/C18H19N5O3/c1-13(15-6-5-7-16(10-15)21-8-3-4-9-21)20-18(24)14(2)22-12-17(11-19-22)23(25)26/h3-14H,1-2H3,(H,20,24). The van der Waals surface area contributed by atoms with Crippen molar-refractivity contribution in [2.75, 3.05) is 0 Å². The molecule has 134 valence electrons. The van der Waals surface area contributed by atoms with Crippen LogP contribution < -0.4 is 5.32 Å². The first kappa shape index (κ1) is 17.4. The van der Waals surface area contributed by atoms with E-state index in [9.17, 15) is 14.9 Å². The summed E-state index contributed by atoms with van der Waals surface area (Å²) in [5.41, 5.74) is 1.82. The molecule has 3 aromatic rings. The molecule has 2 atom stereocenters. The van der Waals surface area contributed by atoms with Gasteiger partial charge in [-0.25, -0.2) is 0 Å². The molecule has 1 aromatic carbocycles. The lowest BCUT2D eigenvalue weighted by Gasteiger charge is -2.19. The summed E-state index contributed by atoms with van der Waals surface area (Å²) in [5, 5.41) is 17.6. The van der Waals surface area contributed by atoms with Gasteiger partial charge < -0.3 is 9.88 Å². The molecule has 1 N–H and O–H groups in total. The van der Waals surface area contributed by atoms with Gasteiger partial charge in [-0.1, -0.05) is 12.1 Å². The third-order valence-electron chi connectivity index (χ3n) is 4.21. The zero-order chi connectivity index (χ0) is 18.7. The Morgan fingerprint density at radius 3 is 2.62 bits per heavy atom. The number of rotatable bonds is 6. The third kappa shape index (κ3) is 3.64. The number of hydrogen-bond acceptors (Lipinski definition) is 4. The van der Waals surface area contributed by atoms with Gasteiger partial charge in [0, 0.05) is 18.1 Å². The van der Waals surface area contributed by atoms with Crippen LogP contribution in [-0.2, 0) is 4.79 Å². The van der Waals surface area contributed by atoms with Gasteiger partial charge in [0.15, 0.2) is 0 Å². The van der Waals surface area contributed by atoms with Crippen LogP contribution >= 0.6 is 0 Å². The number of benzene rings is 1. The molecular weight excluding hydrogens is 334 g/mol. The highest BCUT2D eigenvalue weighted by Gasteiger charge is 2.21. The molecule has 8 heteroatoms. The number of nitrogens with zero attached hydrogens (tertiary/aromatic N) is 4. The zero-order valence-electron chi connectivity index (χ0n) is 14.4. The van der Waals surface area contributed by atoms with E-state index in [1.54, 1.807) is 6.92 Å². The van der Waals surface area contributed by atoms with Crippen LogP contribution in [-0.4, -0.2) is 25.2 Å². The van der Waals surface area contributed by atoms with E-state index in [-0.39, 0.29) is 17.6 Å². The maximum absolute atomic E-state index is 12.5. The van der Waals surface area contributed by atoms with Crippen molar-refractivity contribution in [2.24, 2.45) is 0 Å². The molecule has 8 nitrogen and oxygen atoms in total. The van der Waals surface area contributed by atoms with Gasteiger partial charge in [-0.3, -0.25) is 19.6 Å². The van der Waals surface area contributed by atoms with Crippen LogP contribution in [0.3, 0.4) is 0 Å². The molecule has 0 aliphatic rings. The smallest absolute Gasteiger partial charge is 0.307 e. The van der Waals surface area contributed by atoms with Crippen LogP contribution in [0.4, 0.5) is 5.69 Å². The molecule has 0 fully saturated rings. The fourth-order valence-corrected chi connectivity index (χ4v) is 2.63. The molecule has 2 aromatic heterocycles. The van der Waals surface area contributed by atoms with E-state index in [1.807, 2.05) is 60.3 Å². The molecule has 0 spiro atoms. The van der Waals surface area contributed by atoms with E-state index in [0.29, 0.717) is 0 Å². The lowest BCUT2D eigenvalue weighted by Crippen LogP contribution is -2.33. The van der Waals surface area contributed by atoms with Gasteiger partial charge in [0.1, 0.15) is 18.4 Å². The highest BCUT2D eigenvalue weighted by molar-refractivity contribution is 5.80. The topological polar surface area (TPSA) is 95.0 Å². The van der Waals surface area contributed by atoms with Gasteiger partial charge in [-0.05, 0) is 43.7 Å². The number of carbonyl (C=O) groups excluding carboxylic acids is 1. The molecule has 0 aliphatic heterocycles. The Bertz CT molecular complexity index is 917. The first-order valence-electron chi connectivity index (χ1n) is 8.18. The van der Waals surface area contributed by atoms with Gasteiger partial charge in [0.2, 0.25) is 5.91 Å². The van der Waals surface area contributed by atoms with Crippen LogP contribution in [0.5, 0.6) is 0 Å². The van der Waals surface area contributed by atoms with Gasteiger partial charge >= 0.3 is 5.69 Å². The van der Waals surface area contributed by atoms with E-state index in [0.717, 1.165) is 17.4 Å². The minimum atomic E-state index is -0.654. The molecule has 2 heterocycles. The van der Waals surface area contributed by atoms with Crippen molar-refractivity contribution in [1.82, 2.24) is 19.7 Å². The summed E-state index contributed by atoms with van der Waals surface area (Å²) in [6.07, 6.45) is 6.29. The Hall–Kier alpha value is -3.42. The quantitative estimate of drug-likeness (QED) is 0.544. The second-order valence-corrected chi connectivity index (χ2v) is 6.03. The highest BCUT2D eigenvalue weighted by atomic mass is 16.6. The van der Waals surface area contributed by atoms with Gasteiger partial charge in [-0.15, -0.1) is 0 Å². The Kier molecular flexibility index (Phi) is 4.83. The Labute approximate surface area is 150 Å². The van der Waals surface area contributed by atoms with Crippen molar-refractivity contribution in [2.45, 2.75) is 25.9 Å². The first-order chi connectivity index (χ1) is 12.5. The van der Waals surface area contributed by atoms with Crippen molar-refractivity contribution < 1.29 is 9.72 Å². The number of hydrogen-bond donors (Lipinski definition) is 1. The maximum atomic E-state index is 12.5. The molecule has 2 unspecified atom stereocenters. The second kappa shape index (κ2) is 7.22. The van der Waals surface area contributed by atoms with Crippen LogP contribution in [0, 0.1) is 10.1 Å². The van der Waals surface area contributed by atoms with Gasteiger partial charge in [0.25, 0.3) is 0 Å². The molecule has 1 amide bonds. The molecule has 0 radical (unpaired) electrons. The van der Waals surface area contributed by atoms with E-state index >= 15 is 0 Å². The molecule has 0 aliphatic carbocycles. The normalized spacial score (nSPS) is 13.2. The second-order valence-electron chi connectivity index (χ2n) is 6.03. The van der Waals surface area contributed by atoms with Crippen LogP contribution in [0.25, 0.3) is 5.69 Å². The summed E-state index contributed by atoms with van der Waals surface area (Å²) >= 11 is 0. The minimum absolute atomic E-state index is 0.142. The maximum Gasteiger partial charge on any atom is 0.307 e. The van der Waals surface area contributed by atoms with Crippen LogP contribution in [0.15, 0.2) is 61.2 Å². The Morgan fingerprint density at radius 2 is 1.96 bits per heavy atom. The van der Waals surface area contributed by atoms with Gasteiger partial charge in [-0.2, -0.15) is 5.10 Å². The minimum Gasteiger partial charge on any atom is -0.348 e. The van der Waals surface area contributed by atoms with E-state index in [2.05, 4.69) is 10.4 Å². The summed E-state index contributed by atoms with van der Waals surface area (Å²) in [4.78, 5) is 22.7. The molecule has 0 bridgehead atoms. The average molecular weight is 353 g/mol. The average Bonchev–Trinajstić information content (AvgIpc) is 3.33. The van der Waals surface area contributed by atoms with E-state index in [4.69, 9.17) is 0 Å². The zero-order valence-corrected chi connectivity index (χ0v) is 14.4. The van der Waals surface area contributed by atoms with Crippen LogP contribution in [0.2, 0.25) is 0 Å². The predicted octanol–water partition coefficient (Wildman–Crippen LogP) is 3.02.